The lowest BCUT2D eigenvalue weighted by Gasteiger charge is -2.31. The average molecular weight is 341 g/mol. The fraction of sp³-hybridized carbons (Fsp3) is 0.368. The molecule has 2 heterocycles. The van der Waals surface area contributed by atoms with Crippen LogP contribution in [0.3, 0.4) is 0 Å². The van der Waals surface area contributed by atoms with Gasteiger partial charge in [-0.15, -0.1) is 0 Å². The van der Waals surface area contributed by atoms with Crippen LogP contribution in [0, 0.1) is 6.92 Å². The highest BCUT2D eigenvalue weighted by atomic mass is 16.6. The van der Waals surface area contributed by atoms with Crippen LogP contribution in [0.1, 0.15) is 18.2 Å². The van der Waals surface area contributed by atoms with Gasteiger partial charge >= 0.3 is 6.03 Å². The number of likely N-dealkylation sites (N-methyl/N-ethyl adjacent to an activating group) is 1. The Bertz CT molecular complexity index is 718. The molecule has 132 valence electrons. The number of hydrogen-bond acceptors (Lipinski definition) is 4. The summed E-state index contributed by atoms with van der Waals surface area (Å²) in [6.07, 6.45) is 1.60. The predicted octanol–water partition coefficient (Wildman–Crippen LogP) is 2.76. The molecule has 25 heavy (non-hydrogen) atoms. The topological polar surface area (TPSA) is 63.7 Å². The van der Waals surface area contributed by atoms with E-state index in [1.807, 2.05) is 50.2 Å². The molecule has 2 amide bonds. The molecular weight excluding hydrogens is 318 g/mol. The molecular formula is C19H23N3O3. The first kappa shape index (κ1) is 17.1. The number of nitrogens with one attached hydrogen (secondary N) is 1. The van der Waals surface area contributed by atoms with Crippen LogP contribution in [0.2, 0.25) is 0 Å². The van der Waals surface area contributed by atoms with E-state index < -0.39 is 0 Å². The predicted molar refractivity (Wildman–Crippen MR) is 94.8 cm³/mol. The lowest BCUT2D eigenvalue weighted by Crippen LogP contribution is -2.47. The van der Waals surface area contributed by atoms with Crippen LogP contribution in [0.5, 0.6) is 11.5 Å². The summed E-state index contributed by atoms with van der Waals surface area (Å²) in [6.45, 7) is 5.84. The molecule has 1 N–H and O–H groups in total. The molecule has 0 spiro atoms. The van der Waals surface area contributed by atoms with Gasteiger partial charge in [0.1, 0.15) is 6.61 Å². The number of benzene rings is 1. The van der Waals surface area contributed by atoms with E-state index in [1.54, 1.807) is 11.1 Å². The number of pyridine rings is 1. The molecule has 0 bridgehead atoms. The van der Waals surface area contributed by atoms with Crippen molar-refractivity contribution in [1.82, 2.24) is 15.2 Å². The number of fused-ring (bicyclic) bond motifs is 1. The number of carbonyl (C=O) groups excluding carboxylic acids is 1. The number of nitrogens with zero attached hydrogens (tertiary/aromatic N) is 2. The second-order valence-electron chi connectivity index (χ2n) is 6.00. The maximum atomic E-state index is 12.4. The summed E-state index contributed by atoms with van der Waals surface area (Å²) >= 11 is 0. The van der Waals surface area contributed by atoms with Crippen molar-refractivity contribution in [3.05, 3.63) is 53.9 Å². The number of carbonyl (C=O) groups is 1. The minimum absolute atomic E-state index is 0.120. The molecule has 1 atom stereocenters. The molecule has 0 unspecified atom stereocenters. The molecule has 3 rings (SSSR count). The van der Waals surface area contributed by atoms with E-state index in [1.165, 1.54) is 0 Å². The summed E-state index contributed by atoms with van der Waals surface area (Å²) in [4.78, 5) is 18.4. The number of amides is 2. The number of ether oxygens (including phenoxy) is 2. The zero-order chi connectivity index (χ0) is 17.6. The summed E-state index contributed by atoms with van der Waals surface area (Å²) < 4.78 is 11.6. The second-order valence-corrected chi connectivity index (χ2v) is 6.00. The lowest BCUT2D eigenvalue weighted by atomic mass is 10.2. The van der Waals surface area contributed by atoms with E-state index >= 15 is 0 Å². The van der Waals surface area contributed by atoms with Crippen LogP contribution < -0.4 is 14.8 Å². The first-order valence-electron chi connectivity index (χ1n) is 8.48. The van der Waals surface area contributed by atoms with Crippen LogP contribution in [-0.4, -0.2) is 41.7 Å². The Morgan fingerprint density at radius 1 is 1.28 bits per heavy atom. The highest BCUT2D eigenvalue weighted by Crippen LogP contribution is 2.30. The maximum Gasteiger partial charge on any atom is 0.317 e. The van der Waals surface area contributed by atoms with Gasteiger partial charge in [0.25, 0.3) is 0 Å². The number of hydrogen-bond donors (Lipinski definition) is 1. The first-order valence-corrected chi connectivity index (χ1v) is 8.48. The monoisotopic (exact) mass is 341 g/mol. The normalized spacial score (nSPS) is 15.5. The minimum Gasteiger partial charge on any atom is -0.486 e. The van der Waals surface area contributed by atoms with Crippen molar-refractivity contribution in [3.8, 4) is 11.5 Å². The van der Waals surface area contributed by atoms with Crippen LogP contribution in [0.25, 0.3) is 0 Å². The van der Waals surface area contributed by atoms with Crippen molar-refractivity contribution in [1.29, 1.82) is 0 Å². The van der Waals surface area contributed by atoms with Gasteiger partial charge in [0.2, 0.25) is 0 Å². The van der Waals surface area contributed by atoms with Crippen molar-refractivity contribution in [2.45, 2.75) is 26.5 Å². The molecule has 0 radical (unpaired) electrons. The number of para-hydroxylation sites is 2. The van der Waals surface area contributed by atoms with Crippen molar-refractivity contribution in [2.24, 2.45) is 0 Å². The van der Waals surface area contributed by atoms with Gasteiger partial charge in [-0.1, -0.05) is 18.2 Å². The summed E-state index contributed by atoms with van der Waals surface area (Å²) in [5.41, 5.74) is 1.93. The van der Waals surface area contributed by atoms with E-state index in [4.69, 9.17) is 9.47 Å². The van der Waals surface area contributed by atoms with Gasteiger partial charge in [0, 0.05) is 25.0 Å². The molecule has 6 nitrogen and oxygen atoms in total. The van der Waals surface area contributed by atoms with Crippen molar-refractivity contribution >= 4 is 6.03 Å². The highest BCUT2D eigenvalue weighted by Gasteiger charge is 2.24. The Morgan fingerprint density at radius 3 is 2.80 bits per heavy atom. The summed E-state index contributed by atoms with van der Waals surface area (Å²) in [6, 6.07) is 11.4. The molecule has 0 saturated heterocycles. The van der Waals surface area contributed by atoms with Crippen LogP contribution in [0.15, 0.2) is 42.6 Å². The lowest BCUT2D eigenvalue weighted by molar-refractivity contribution is 0.0675. The third-order valence-corrected chi connectivity index (χ3v) is 4.08. The Hall–Kier alpha value is -2.76. The van der Waals surface area contributed by atoms with Crippen LogP contribution in [-0.2, 0) is 6.54 Å². The van der Waals surface area contributed by atoms with Crippen molar-refractivity contribution in [3.63, 3.8) is 0 Å². The van der Waals surface area contributed by atoms with E-state index in [-0.39, 0.29) is 12.1 Å². The number of aromatic nitrogens is 1. The van der Waals surface area contributed by atoms with Gasteiger partial charge in [0.15, 0.2) is 17.6 Å². The largest absolute Gasteiger partial charge is 0.486 e. The van der Waals surface area contributed by atoms with Crippen molar-refractivity contribution < 1.29 is 14.3 Å². The van der Waals surface area contributed by atoms with E-state index in [0.29, 0.717) is 26.2 Å². The summed E-state index contributed by atoms with van der Waals surface area (Å²) in [5.74, 6) is 1.47. The first-order chi connectivity index (χ1) is 12.2. The minimum atomic E-state index is -0.179. The van der Waals surface area contributed by atoms with Crippen LogP contribution in [0.4, 0.5) is 4.79 Å². The number of rotatable bonds is 5. The smallest absolute Gasteiger partial charge is 0.317 e. The molecule has 0 aliphatic carbocycles. The zero-order valence-corrected chi connectivity index (χ0v) is 14.6. The third-order valence-electron chi connectivity index (χ3n) is 4.08. The second kappa shape index (κ2) is 7.88. The van der Waals surface area contributed by atoms with Crippen molar-refractivity contribution in [2.75, 3.05) is 19.7 Å². The van der Waals surface area contributed by atoms with Gasteiger partial charge in [-0.05, 0) is 37.6 Å². The zero-order valence-electron chi connectivity index (χ0n) is 14.6. The molecule has 2 aromatic rings. The standard InChI is InChI=1S/C19H23N3O3/c1-3-22(19(23)21-11-15-9-8-14(2)20-10-15)12-16-13-24-17-6-4-5-7-18(17)25-16/h4-10,16H,3,11-13H2,1-2H3,(H,21,23)/t16-/m1/s1. The van der Waals surface area contributed by atoms with Gasteiger partial charge in [-0.2, -0.15) is 0 Å². The molecule has 1 aliphatic rings. The summed E-state index contributed by atoms with van der Waals surface area (Å²) in [7, 11) is 0. The van der Waals surface area contributed by atoms with E-state index in [0.717, 1.165) is 22.8 Å². The summed E-state index contributed by atoms with van der Waals surface area (Å²) in [5, 5.41) is 2.93. The molecule has 1 aromatic carbocycles. The molecule has 1 aliphatic heterocycles. The van der Waals surface area contributed by atoms with Gasteiger partial charge < -0.3 is 19.7 Å². The molecule has 0 saturated carbocycles. The fourth-order valence-corrected chi connectivity index (χ4v) is 2.65. The van der Waals surface area contributed by atoms with Gasteiger partial charge in [0.05, 0.1) is 6.54 Å². The molecule has 6 heteroatoms. The number of aryl methyl sites for hydroxylation is 1. The molecule has 0 fully saturated rings. The van der Waals surface area contributed by atoms with E-state index in [9.17, 15) is 4.79 Å². The van der Waals surface area contributed by atoms with Gasteiger partial charge in [-0.3, -0.25) is 4.98 Å². The quantitative estimate of drug-likeness (QED) is 0.908. The highest BCUT2D eigenvalue weighted by molar-refractivity contribution is 5.74. The average Bonchev–Trinajstić information content (AvgIpc) is 2.65. The number of urea groups is 1. The SMILES string of the molecule is CCN(C[C@@H]1COc2ccccc2O1)C(=O)NCc1ccc(C)nc1. The fourth-order valence-electron chi connectivity index (χ4n) is 2.65. The Kier molecular flexibility index (Phi) is 5.38. The third kappa shape index (κ3) is 4.41. The molecule has 1 aromatic heterocycles. The van der Waals surface area contributed by atoms with E-state index in [2.05, 4.69) is 10.3 Å². The maximum absolute atomic E-state index is 12.4. The van der Waals surface area contributed by atoms with Gasteiger partial charge in [-0.25, -0.2) is 4.79 Å². The Balaban J connectivity index is 1.53. The Labute approximate surface area is 147 Å². The van der Waals surface area contributed by atoms with Crippen LogP contribution >= 0.6 is 0 Å². The Morgan fingerprint density at radius 2 is 2.08 bits per heavy atom.